The third-order valence-electron chi connectivity index (χ3n) is 4.33. The summed E-state index contributed by atoms with van der Waals surface area (Å²) in [6.45, 7) is 2.30. The predicted molar refractivity (Wildman–Crippen MR) is 77.0 cm³/mol. The van der Waals surface area contributed by atoms with Gasteiger partial charge in [0.1, 0.15) is 5.82 Å². The molecular formula is C15H21BrFN. The van der Waals surface area contributed by atoms with Gasteiger partial charge in [-0.2, -0.15) is 0 Å². The standard InChI is InChI=1S/C15H21BrFN/c1-15(7-3-2-4-8-15)14(18)10-11-5-6-13(17)12(16)9-11/h5-6,9,14H,2-4,7-8,10,18H2,1H3. The molecule has 1 aliphatic rings. The van der Waals surface area contributed by atoms with E-state index in [4.69, 9.17) is 5.73 Å². The lowest BCUT2D eigenvalue weighted by Crippen LogP contribution is -2.42. The Morgan fingerprint density at radius 2 is 2.00 bits per heavy atom. The van der Waals surface area contributed by atoms with E-state index in [1.165, 1.54) is 38.2 Å². The first-order valence-corrected chi connectivity index (χ1v) is 7.50. The first-order chi connectivity index (χ1) is 8.51. The lowest BCUT2D eigenvalue weighted by molar-refractivity contribution is 0.169. The van der Waals surface area contributed by atoms with Crippen LogP contribution in [0.3, 0.4) is 0 Å². The number of benzene rings is 1. The zero-order valence-corrected chi connectivity index (χ0v) is 12.5. The highest BCUT2D eigenvalue weighted by atomic mass is 79.9. The largest absolute Gasteiger partial charge is 0.327 e. The van der Waals surface area contributed by atoms with E-state index >= 15 is 0 Å². The summed E-state index contributed by atoms with van der Waals surface area (Å²) in [4.78, 5) is 0. The highest BCUT2D eigenvalue weighted by molar-refractivity contribution is 9.10. The Hall–Kier alpha value is -0.410. The van der Waals surface area contributed by atoms with Gasteiger partial charge < -0.3 is 5.73 Å². The van der Waals surface area contributed by atoms with Gasteiger partial charge in [-0.25, -0.2) is 4.39 Å². The summed E-state index contributed by atoms with van der Waals surface area (Å²) in [7, 11) is 0. The van der Waals surface area contributed by atoms with Gasteiger partial charge in [-0.3, -0.25) is 0 Å². The van der Waals surface area contributed by atoms with Gasteiger partial charge in [-0.1, -0.05) is 32.3 Å². The predicted octanol–water partition coefficient (Wildman–Crippen LogP) is 4.43. The van der Waals surface area contributed by atoms with Crippen molar-refractivity contribution in [1.82, 2.24) is 0 Å². The van der Waals surface area contributed by atoms with Crippen molar-refractivity contribution >= 4 is 15.9 Å². The van der Waals surface area contributed by atoms with Gasteiger partial charge in [0.2, 0.25) is 0 Å². The van der Waals surface area contributed by atoms with Crippen molar-refractivity contribution in [1.29, 1.82) is 0 Å². The van der Waals surface area contributed by atoms with Crippen molar-refractivity contribution in [3.8, 4) is 0 Å². The molecule has 1 fully saturated rings. The van der Waals surface area contributed by atoms with Gasteiger partial charge in [0.05, 0.1) is 4.47 Å². The maximum Gasteiger partial charge on any atom is 0.137 e. The minimum Gasteiger partial charge on any atom is -0.327 e. The highest BCUT2D eigenvalue weighted by Crippen LogP contribution is 2.39. The molecule has 3 heteroatoms. The van der Waals surface area contributed by atoms with Crippen molar-refractivity contribution in [2.24, 2.45) is 11.1 Å². The van der Waals surface area contributed by atoms with Crippen LogP contribution in [0.15, 0.2) is 22.7 Å². The quantitative estimate of drug-likeness (QED) is 0.877. The Morgan fingerprint density at radius 3 is 2.61 bits per heavy atom. The van der Waals surface area contributed by atoms with Gasteiger partial charge in [0.25, 0.3) is 0 Å². The fourth-order valence-electron chi connectivity index (χ4n) is 2.90. The summed E-state index contributed by atoms with van der Waals surface area (Å²) in [6.07, 6.45) is 7.18. The monoisotopic (exact) mass is 313 g/mol. The molecule has 100 valence electrons. The molecule has 0 amide bonds. The molecule has 0 saturated heterocycles. The molecule has 0 aromatic heterocycles. The fourth-order valence-corrected chi connectivity index (χ4v) is 3.32. The Morgan fingerprint density at radius 1 is 1.33 bits per heavy atom. The Bertz CT molecular complexity index is 413. The van der Waals surface area contributed by atoms with Gasteiger partial charge in [0.15, 0.2) is 0 Å². The maximum atomic E-state index is 13.2. The van der Waals surface area contributed by atoms with Crippen molar-refractivity contribution < 1.29 is 4.39 Å². The van der Waals surface area contributed by atoms with Crippen LogP contribution < -0.4 is 5.73 Å². The van der Waals surface area contributed by atoms with E-state index in [1.807, 2.05) is 12.1 Å². The van der Waals surface area contributed by atoms with Crippen LogP contribution in [-0.4, -0.2) is 6.04 Å². The summed E-state index contributed by atoms with van der Waals surface area (Å²) in [6, 6.07) is 5.36. The lowest BCUT2D eigenvalue weighted by atomic mass is 9.69. The van der Waals surface area contributed by atoms with Crippen LogP contribution in [0.5, 0.6) is 0 Å². The molecule has 0 heterocycles. The molecule has 0 aliphatic heterocycles. The van der Waals surface area contributed by atoms with Crippen LogP contribution in [0.25, 0.3) is 0 Å². The zero-order chi connectivity index (χ0) is 13.2. The van der Waals surface area contributed by atoms with E-state index in [-0.39, 0.29) is 17.3 Å². The number of rotatable bonds is 3. The Labute approximate surface area is 117 Å². The summed E-state index contributed by atoms with van der Waals surface area (Å²) < 4.78 is 13.7. The molecule has 1 atom stereocenters. The van der Waals surface area contributed by atoms with E-state index in [2.05, 4.69) is 22.9 Å². The van der Waals surface area contributed by atoms with Gasteiger partial charge in [0, 0.05) is 6.04 Å². The fraction of sp³-hybridized carbons (Fsp3) is 0.600. The average Bonchev–Trinajstić information content (AvgIpc) is 2.35. The molecule has 1 nitrogen and oxygen atoms in total. The molecule has 0 bridgehead atoms. The highest BCUT2D eigenvalue weighted by Gasteiger charge is 2.33. The third kappa shape index (κ3) is 3.12. The van der Waals surface area contributed by atoms with Gasteiger partial charge in [-0.05, 0) is 58.3 Å². The minimum atomic E-state index is -0.212. The van der Waals surface area contributed by atoms with Crippen molar-refractivity contribution in [2.75, 3.05) is 0 Å². The van der Waals surface area contributed by atoms with Gasteiger partial charge in [-0.15, -0.1) is 0 Å². The second-order valence-electron chi connectivity index (χ2n) is 5.77. The van der Waals surface area contributed by atoms with E-state index < -0.39 is 0 Å². The number of hydrogen-bond donors (Lipinski definition) is 1. The molecular weight excluding hydrogens is 293 g/mol. The summed E-state index contributed by atoms with van der Waals surface area (Å²) in [5.41, 5.74) is 7.76. The molecule has 2 N–H and O–H groups in total. The van der Waals surface area contributed by atoms with Gasteiger partial charge >= 0.3 is 0 Å². The van der Waals surface area contributed by atoms with Crippen LogP contribution in [0.2, 0.25) is 0 Å². The molecule has 1 aromatic carbocycles. The number of hydrogen-bond acceptors (Lipinski definition) is 1. The molecule has 18 heavy (non-hydrogen) atoms. The van der Waals surface area contributed by atoms with Crippen LogP contribution in [0.4, 0.5) is 4.39 Å². The second-order valence-corrected chi connectivity index (χ2v) is 6.63. The van der Waals surface area contributed by atoms with Crippen molar-refractivity contribution in [3.63, 3.8) is 0 Å². The van der Waals surface area contributed by atoms with Crippen LogP contribution in [0, 0.1) is 11.2 Å². The third-order valence-corrected chi connectivity index (χ3v) is 4.94. The minimum absolute atomic E-state index is 0.162. The molecule has 1 aromatic rings. The number of halogens is 2. The molecule has 0 radical (unpaired) electrons. The molecule has 2 rings (SSSR count). The first-order valence-electron chi connectivity index (χ1n) is 6.71. The molecule has 1 unspecified atom stereocenters. The average molecular weight is 314 g/mol. The lowest BCUT2D eigenvalue weighted by Gasteiger charge is -2.39. The first kappa shape index (κ1) is 14.0. The van der Waals surface area contributed by atoms with Crippen LogP contribution in [-0.2, 0) is 6.42 Å². The van der Waals surface area contributed by atoms with Crippen LogP contribution >= 0.6 is 15.9 Å². The van der Waals surface area contributed by atoms with E-state index in [0.29, 0.717) is 4.47 Å². The zero-order valence-electron chi connectivity index (χ0n) is 10.9. The summed E-state index contributed by atoms with van der Waals surface area (Å²) in [5, 5.41) is 0. The SMILES string of the molecule is CC1(C(N)Cc2ccc(F)c(Br)c2)CCCCC1. The van der Waals surface area contributed by atoms with E-state index in [1.54, 1.807) is 0 Å². The molecule has 0 spiro atoms. The summed E-state index contributed by atoms with van der Waals surface area (Å²) in [5.74, 6) is -0.212. The topological polar surface area (TPSA) is 26.0 Å². The molecule has 1 aliphatic carbocycles. The Kier molecular flexibility index (Phi) is 4.44. The van der Waals surface area contributed by atoms with Crippen molar-refractivity contribution in [2.45, 2.75) is 51.5 Å². The Balaban J connectivity index is 2.05. The smallest absolute Gasteiger partial charge is 0.137 e. The maximum absolute atomic E-state index is 13.2. The van der Waals surface area contributed by atoms with E-state index in [0.717, 1.165) is 12.0 Å². The normalized spacial score (nSPS) is 20.7. The van der Waals surface area contributed by atoms with Crippen molar-refractivity contribution in [3.05, 3.63) is 34.1 Å². The second kappa shape index (κ2) is 5.70. The number of nitrogens with two attached hydrogens (primary N) is 1. The van der Waals surface area contributed by atoms with Crippen LogP contribution in [0.1, 0.15) is 44.6 Å². The summed E-state index contributed by atoms with van der Waals surface area (Å²) >= 11 is 3.23. The van der Waals surface area contributed by atoms with E-state index in [9.17, 15) is 4.39 Å². The molecule has 1 saturated carbocycles.